The number of aliphatic imine (C=N–C) groups is 1. The molecule has 1 aliphatic heterocycles. The lowest BCUT2D eigenvalue weighted by Crippen LogP contribution is -2.30. The van der Waals surface area contributed by atoms with Crippen LogP contribution < -0.4 is 15.8 Å². The highest BCUT2D eigenvalue weighted by atomic mass is 19.4. The largest absolute Gasteiger partial charge is 0.573 e. The van der Waals surface area contributed by atoms with Gasteiger partial charge in [0, 0.05) is 5.56 Å². The van der Waals surface area contributed by atoms with Gasteiger partial charge in [-0.25, -0.2) is 0 Å². The standard InChI is InChI=1S/C10H10F3N3O/c11-10(12,13)17-8-4-2-1-3-6(8)7-5-15-9(14)16-7/h1-4,7H,5H2,(H3,14,15,16). The summed E-state index contributed by atoms with van der Waals surface area (Å²) in [4.78, 5) is 3.88. The Labute approximate surface area is 95.3 Å². The molecule has 92 valence electrons. The molecule has 17 heavy (non-hydrogen) atoms. The Balaban J connectivity index is 2.22. The van der Waals surface area contributed by atoms with E-state index in [0.717, 1.165) is 0 Å². The van der Waals surface area contributed by atoms with Crippen molar-refractivity contribution in [3.8, 4) is 5.75 Å². The predicted molar refractivity (Wildman–Crippen MR) is 55.5 cm³/mol. The summed E-state index contributed by atoms with van der Waals surface area (Å²) in [5, 5.41) is 2.78. The number of rotatable bonds is 2. The summed E-state index contributed by atoms with van der Waals surface area (Å²) < 4.78 is 40.5. The van der Waals surface area contributed by atoms with Gasteiger partial charge in [0.05, 0.1) is 12.6 Å². The first-order valence-electron chi connectivity index (χ1n) is 4.87. The van der Waals surface area contributed by atoms with Gasteiger partial charge < -0.3 is 15.8 Å². The molecule has 1 aromatic rings. The highest BCUT2D eigenvalue weighted by molar-refractivity contribution is 5.80. The van der Waals surface area contributed by atoms with Crippen molar-refractivity contribution in [2.24, 2.45) is 10.7 Å². The predicted octanol–water partition coefficient (Wildman–Crippen LogP) is 1.54. The molecular formula is C10H10F3N3O. The van der Waals surface area contributed by atoms with E-state index in [1.165, 1.54) is 12.1 Å². The van der Waals surface area contributed by atoms with Gasteiger partial charge in [-0.2, -0.15) is 0 Å². The average molecular weight is 245 g/mol. The first-order chi connectivity index (χ1) is 7.96. The van der Waals surface area contributed by atoms with E-state index in [1.54, 1.807) is 12.1 Å². The number of para-hydroxylation sites is 1. The maximum atomic E-state index is 12.2. The molecular weight excluding hydrogens is 235 g/mol. The highest BCUT2D eigenvalue weighted by Gasteiger charge is 2.33. The van der Waals surface area contributed by atoms with Crippen LogP contribution in [-0.2, 0) is 0 Å². The quantitative estimate of drug-likeness (QED) is 0.831. The smallest absolute Gasteiger partial charge is 0.405 e. The topological polar surface area (TPSA) is 59.6 Å². The summed E-state index contributed by atoms with van der Waals surface area (Å²) in [5.74, 6) is -0.0146. The van der Waals surface area contributed by atoms with E-state index < -0.39 is 6.36 Å². The maximum absolute atomic E-state index is 12.2. The second-order valence-corrected chi connectivity index (χ2v) is 3.51. The van der Waals surface area contributed by atoms with Crippen molar-refractivity contribution in [2.75, 3.05) is 6.54 Å². The van der Waals surface area contributed by atoms with Crippen LogP contribution in [-0.4, -0.2) is 18.9 Å². The van der Waals surface area contributed by atoms with Crippen molar-refractivity contribution in [3.63, 3.8) is 0 Å². The summed E-state index contributed by atoms with van der Waals surface area (Å²) in [6, 6.07) is 5.54. The molecule has 1 atom stereocenters. The van der Waals surface area contributed by atoms with Crippen LogP contribution in [0.3, 0.4) is 0 Å². The van der Waals surface area contributed by atoms with E-state index in [2.05, 4.69) is 15.0 Å². The number of nitrogens with two attached hydrogens (primary N) is 1. The molecule has 0 aliphatic carbocycles. The normalized spacial score (nSPS) is 19.7. The van der Waals surface area contributed by atoms with Crippen molar-refractivity contribution in [3.05, 3.63) is 29.8 Å². The van der Waals surface area contributed by atoms with Crippen LogP contribution in [0.15, 0.2) is 29.3 Å². The minimum Gasteiger partial charge on any atom is -0.405 e. The summed E-state index contributed by atoms with van der Waals surface area (Å²) in [6.45, 7) is 0.296. The molecule has 1 aromatic carbocycles. The fourth-order valence-electron chi connectivity index (χ4n) is 1.62. The molecule has 1 unspecified atom stereocenters. The summed E-state index contributed by atoms with van der Waals surface area (Å²) in [6.07, 6.45) is -4.71. The lowest BCUT2D eigenvalue weighted by atomic mass is 10.1. The lowest BCUT2D eigenvalue weighted by molar-refractivity contribution is -0.275. The van der Waals surface area contributed by atoms with Crippen LogP contribution in [0.25, 0.3) is 0 Å². The number of ether oxygens (including phenoxy) is 1. The molecule has 0 aromatic heterocycles. The van der Waals surface area contributed by atoms with Crippen molar-refractivity contribution in [1.29, 1.82) is 0 Å². The second-order valence-electron chi connectivity index (χ2n) is 3.51. The molecule has 2 rings (SSSR count). The lowest BCUT2D eigenvalue weighted by Gasteiger charge is -2.17. The van der Waals surface area contributed by atoms with Gasteiger partial charge >= 0.3 is 6.36 Å². The Morgan fingerprint density at radius 1 is 1.35 bits per heavy atom. The van der Waals surface area contributed by atoms with E-state index >= 15 is 0 Å². The van der Waals surface area contributed by atoms with Gasteiger partial charge in [-0.3, -0.25) is 4.99 Å². The minimum atomic E-state index is -4.71. The zero-order valence-electron chi connectivity index (χ0n) is 8.66. The molecule has 0 fully saturated rings. The minimum absolute atomic E-state index is 0.219. The number of halogens is 3. The van der Waals surface area contributed by atoms with E-state index in [-0.39, 0.29) is 17.8 Å². The van der Waals surface area contributed by atoms with E-state index in [0.29, 0.717) is 12.1 Å². The molecule has 0 amide bonds. The van der Waals surface area contributed by atoms with Crippen molar-refractivity contribution < 1.29 is 17.9 Å². The number of guanidine groups is 1. The summed E-state index contributed by atoms with van der Waals surface area (Å²) in [7, 11) is 0. The molecule has 0 spiro atoms. The van der Waals surface area contributed by atoms with Gasteiger partial charge in [-0.15, -0.1) is 13.2 Å². The zero-order chi connectivity index (χ0) is 12.5. The van der Waals surface area contributed by atoms with Gasteiger partial charge in [0.15, 0.2) is 5.96 Å². The van der Waals surface area contributed by atoms with Crippen molar-refractivity contribution in [1.82, 2.24) is 5.32 Å². The zero-order valence-corrected chi connectivity index (χ0v) is 8.66. The first kappa shape index (κ1) is 11.6. The van der Waals surface area contributed by atoms with Crippen LogP contribution in [0.4, 0.5) is 13.2 Å². The molecule has 7 heteroatoms. The third-order valence-corrected chi connectivity index (χ3v) is 2.29. The molecule has 0 radical (unpaired) electrons. The summed E-state index contributed by atoms with van der Waals surface area (Å²) in [5.41, 5.74) is 5.80. The van der Waals surface area contributed by atoms with E-state index in [9.17, 15) is 13.2 Å². The van der Waals surface area contributed by atoms with E-state index in [1.807, 2.05) is 0 Å². The number of nitrogens with zero attached hydrogens (tertiary/aromatic N) is 1. The Morgan fingerprint density at radius 3 is 2.65 bits per heavy atom. The number of benzene rings is 1. The van der Waals surface area contributed by atoms with Crippen LogP contribution in [0.2, 0.25) is 0 Å². The van der Waals surface area contributed by atoms with Gasteiger partial charge in [0.25, 0.3) is 0 Å². The molecule has 0 saturated heterocycles. The number of hydrogen-bond donors (Lipinski definition) is 2. The van der Waals surface area contributed by atoms with Crippen molar-refractivity contribution >= 4 is 5.96 Å². The molecule has 3 N–H and O–H groups in total. The molecule has 4 nitrogen and oxygen atoms in total. The molecule has 0 bridgehead atoms. The fraction of sp³-hybridized carbons (Fsp3) is 0.300. The van der Waals surface area contributed by atoms with Gasteiger partial charge in [-0.05, 0) is 6.07 Å². The Bertz CT molecular complexity index is 445. The molecule has 0 saturated carbocycles. The van der Waals surface area contributed by atoms with Crippen molar-refractivity contribution in [2.45, 2.75) is 12.4 Å². The Hall–Kier alpha value is -1.92. The Kier molecular flexibility index (Phi) is 2.83. The maximum Gasteiger partial charge on any atom is 0.573 e. The second kappa shape index (κ2) is 4.15. The highest BCUT2D eigenvalue weighted by Crippen LogP contribution is 2.31. The third-order valence-electron chi connectivity index (χ3n) is 2.29. The number of hydrogen-bond acceptors (Lipinski definition) is 4. The molecule has 1 heterocycles. The van der Waals surface area contributed by atoms with Crippen LogP contribution in [0, 0.1) is 0 Å². The van der Waals surface area contributed by atoms with E-state index in [4.69, 9.17) is 5.73 Å². The first-order valence-corrected chi connectivity index (χ1v) is 4.87. The van der Waals surface area contributed by atoms with Crippen LogP contribution >= 0.6 is 0 Å². The van der Waals surface area contributed by atoms with Crippen LogP contribution in [0.5, 0.6) is 5.75 Å². The molecule has 1 aliphatic rings. The monoisotopic (exact) mass is 245 g/mol. The van der Waals surface area contributed by atoms with Crippen LogP contribution in [0.1, 0.15) is 11.6 Å². The fourth-order valence-corrected chi connectivity index (χ4v) is 1.62. The Morgan fingerprint density at radius 2 is 2.06 bits per heavy atom. The van der Waals surface area contributed by atoms with Gasteiger partial charge in [0.2, 0.25) is 0 Å². The third kappa shape index (κ3) is 2.80. The average Bonchev–Trinajstić information content (AvgIpc) is 2.63. The number of alkyl halides is 3. The van der Waals surface area contributed by atoms with Gasteiger partial charge in [0.1, 0.15) is 5.75 Å². The number of nitrogens with one attached hydrogen (secondary N) is 1. The summed E-state index contributed by atoms with van der Waals surface area (Å²) >= 11 is 0. The SMILES string of the molecule is NC1=NCC(c2ccccc2OC(F)(F)F)N1. The van der Waals surface area contributed by atoms with Gasteiger partial charge in [-0.1, -0.05) is 18.2 Å².